The summed E-state index contributed by atoms with van der Waals surface area (Å²) in [5, 5.41) is 35.0. The van der Waals surface area contributed by atoms with E-state index in [1.54, 1.807) is 0 Å². The summed E-state index contributed by atoms with van der Waals surface area (Å²) >= 11 is -0.691. The van der Waals surface area contributed by atoms with Crippen molar-refractivity contribution < 1.29 is 30.3 Å². The fourth-order valence-corrected chi connectivity index (χ4v) is 32.0. The van der Waals surface area contributed by atoms with Crippen LogP contribution in [0.1, 0.15) is 0 Å². The maximum absolute atomic E-state index is 4.85. The average molecular weight is 2110 g/mol. The summed E-state index contributed by atoms with van der Waals surface area (Å²) in [4.78, 5) is 0. The molecule has 0 spiro atoms. The Morgan fingerprint density at radius 3 is 0.338 bits per heavy atom. The molecule has 0 N–H and O–H groups in total. The predicted octanol–water partition coefficient (Wildman–Crippen LogP) is 28.0. The first-order chi connectivity index (χ1) is 67.5. The Labute approximate surface area is 839 Å². The summed E-state index contributed by atoms with van der Waals surface area (Å²) in [7, 11) is 15.1. The minimum absolute atomic E-state index is 0.346. The zero-order valence-electron chi connectivity index (χ0n) is 74.2. The van der Waals surface area contributed by atoms with E-state index in [9.17, 15) is 0 Å². The Morgan fingerprint density at radius 2 is 0.213 bits per heavy atom. The summed E-state index contributed by atoms with van der Waals surface area (Å²) in [5.41, 5.74) is 5.40. The molecular formula is C124H94Cl4P6Ru2. The van der Waals surface area contributed by atoms with Gasteiger partial charge in [0.2, 0.25) is 0 Å². The van der Waals surface area contributed by atoms with Gasteiger partial charge in [-0.15, -0.1) is 0 Å². The third-order valence-electron chi connectivity index (χ3n) is 23.3. The molecule has 0 aliphatic rings. The van der Waals surface area contributed by atoms with Crippen LogP contribution in [0.3, 0.4) is 0 Å². The molecule has 22 aromatic carbocycles. The molecule has 0 aliphatic carbocycles. The number of fused-ring (bicyclic) bond motifs is 4. The Morgan fingerprint density at radius 1 is 0.110 bits per heavy atom. The average Bonchev–Trinajstić information content (AvgIpc) is 0.734. The molecule has 0 aliphatic heterocycles. The molecule has 664 valence electrons. The summed E-state index contributed by atoms with van der Waals surface area (Å²) in [6.07, 6.45) is 0. The number of rotatable bonds is 20. The van der Waals surface area contributed by atoms with Crippen molar-refractivity contribution in [1.29, 1.82) is 0 Å². The molecule has 0 radical (unpaired) electrons. The van der Waals surface area contributed by atoms with Gasteiger partial charge in [0.25, 0.3) is 0 Å². The van der Waals surface area contributed by atoms with Crippen LogP contribution in [-0.2, 0) is 30.3 Å². The molecule has 0 aromatic heterocycles. The van der Waals surface area contributed by atoms with Gasteiger partial charge in [-0.3, -0.25) is 0 Å². The van der Waals surface area contributed by atoms with Crippen molar-refractivity contribution in [2.75, 3.05) is 0 Å². The van der Waals surface area contributed by atoms with Gasteiger partial charge in [0.05, 0.1) is 0 Å². The summed E-state index contributed by atoms with van der Waals surface area (Å²) in [6.45, 7) is 0. The van der Waals surface area contributed by atoms with Crippen LogP contribution in [0.5, 0.6) is 0 Å². The smallest absolute Gasteiger partial charge is 0.000884 e. The Kier molecular flexibility index (Phi) is 35.7. The quantitative estimate of drug-likeness (QED) is 0.0527. The van der Waals surface area contributed by atoms with Gasteiger partial charge in [0.1, 0.15) is 0 Å². The number of hydrogen-bond donors (Lipinski definition) is 0. The number of halogens is 4. The standard InChI is InChI=1S/2C44H32P2.2C18H15P.4ClH.2Ru/c2*1-5-19-35(20-6-1)45(36-21-7-2-8-22-36)41-31-29-33-17-13-15-27-39(33)43(41)44-40-28-16-14-18-34(40)30-32-42(44)46(37-23-9-3-10-24-37)38-25-11-4-12-26-38;2*1-4-10-16(11-5-1)19(17-12-6-2-7-13-17)18-14-8-3-9-15-18;;;;;;/h2*1-32H;2*1-15H;4*1H;;/q;;;;;;;;2*+2/p-4. The largest absolute Gasteiger partial charge is 0.0622 e. The van der Waals surface area contributed by atoms with Crippen LogP contribution in [0.2, 0.25) is 0 Å². The molecule has 0 atom stereocenters. The summed E-state index contributed by atoms with van der Waals surface area (Å²) in [5.74, 6) is 0. The number of benzene rings is 22. The maximum atomic E-state index is 4.85. The predicted molar refractivity (Wildman–Crippen MR) is 602 cm³/mol. The van der Waals surface area contributed by atoms with Crippen molar-refractivity contribution >= 4 is 225 Å². The van der Waals surface area contributed by atoms with Gasteiger partial charge in [0, 0.05) is 0 Å². The molecule has 22 rings (SSSR count). The van der Waals surface area contributed by atoms with E-state index < -0.39 is 47.5 Å². The van der Waals surface area contributed by atoms with Gasteiger partial charge in [-0.2, -0.15) is 0 Å². The van der Waals surface area contributed by atoms with E-state index in [1.807, 2.05) is 0 Å². The molecule has 136 heavy (non-hydrogen) atoms. The molecule has 0 heterocycles. The Balaban J connectivity index is 0.000000132. The monoisotopic (exact) mass is 2110 g/mol. The molecule has 0 nitrogen and oxygen atoms in total. The summed E-state index contributed by atoms with van der Waals surface area (Å²) in [6, 6.07) is 208. The van der Waals surface area contributed by atoms with Gasteiger partial charge < -0.3 is 0 Å². The maximum Gasteiger partial charge on any atom is -0.000884 e. The molecular weight excluding hydrogens is 2020 g/mol. The molecule has 0 fully saturated rings. The van der Waals surface area contributed by atoms with Gasteiger partial charge in [-0.25, -0.2) is 0 Å². The van der Waals surface area contributed by atoms with Crippen LogP contribution in [0.4, 0.5) is 0 Å². The normalized spacial score (nSPS) is 11.0. The molecule has 0 bridgehead atoms. The van der Waals surface area contributed by atoms with Crippen LogP contribution >= 0.6 is 86.3 Å². The molecule has 22 aromatic rings. The van der Waals surface area contributed by atoms with E-state index in [4.69, 9.17) is 38.8 Å². The first kappa shape index (κ1) is 96.5. The molecule has 0 amide bonds. The topological polar surface area (TPSA) is 0 Å². The molecule has 12 heteroatoms. The minimum Gasteiger partial charge on any atom is -0.0622 e. The first-order valence-corrected chi connectivity index (χ1v) is 61.8. The van der Waals surface area contributed by atoms with Crippen LogP contribution in [0.15, 0.2) is 570 Å². The van der Waals surface area contributed by atoms with Crippen molar-refractivity contribution in [3.05, 3.63) is 570 Å². The fourth-order valence-electron chi connectivity index (χ4n) is 17.5. The van der Waals surface area contributed by atoms with E-state index in [-0.39, 0.29) is 30.3 Å². The molecule has 0 unspecified atom stereocenters. The van der Waals surface area contributed by atoms with Crippen molar-refractivity contribution in [1.82, 2.24) is 0 Å². The Hall–Kier alpha value is -11.1. The molecule has 0 saturated heterocycles. The van der Waals surface area contributed by atoms with E-state index in [0.717, 1.165) is 0 Å². The van der Waals surface area contributed by atoms with Gasteiger partial charge in [-0.1, -0.05) is 570 Å². The van der Waals surface area contributed by atoms with E-state index in [2.05, 4.69) is 570 Å². The van der Waals surface area contributed by atoms with Crippen molar-refractivity contribution in [2.45, 2.75) is 0 Å². The van der Waals surface area contributed by atoms with E-state index in [0.29, 0.717) is 0 Å². The summed E-state index contributed by atoms with van der Waals surface area (Å²) < 4.78 is 0. The zero-order valence-corrected chi connectivity index (χ0v) is 86.0. The van der Waals surface area contributed by atoms with E-state index >= 15 is 0 Å². The minimum atomic E-state index is -0.852. The second kappa shape index (κ2) is 50.3. The SMILES string of the molecule is [Cl][Ru][Cl].[Cl][Ru][Cl].c1ccc(P(c2ccccc2)c2ccc3ccccc3c2-c2c(P(c3ccccc3)c3ccccc3)ccc3ccccc23)cc1.c1ccc(P(c2ccccc2)c2ccc3ccccc3c2-c2c(P(c3ccccc3)c3ccccc3)ccc3ccccc23)cc1.c1ccc(P(c2ccccc2)c2ccccc2)cc1.c1ccc(P(c2ccccc2)c2ccccc2)cc1. The van der Waals surface area contributed by atoms with Gasteiger partial charge >= 0.3 is 69.1 Å². The van der Waals surface area contributed by atoms with Crippen LogP contribution < -0.4 is 95.5 Å². The third-order valence-corrected chi connectivity index (χ3v) is 38.1. The first-order valence-electron chi connectivity index (χ1n) is 44.8. The number of hydrogen-bond acceptors (Lipinski definition) is 0. The van der Waals surface area contributed by atoms with Gasteiger partial charge in [0.15, 0.2) is 0 Å². The third kappa shape index (κ3) is 23.8. The van der Waals surface area contributed by atoms with Crippen LogP contribution in [0.25, 0.3) is 65.3 Å². The zero-order chi connectivity index (χ0) is 92.7. The van der Waals surface area contributed by atoms with E-state index in [1.165, 1.54) is 161 Å². The van der Waals surface area contributed by atoms with Crippen LogP contribution in [-0.4, -0.2) is 0 Å². The van der Waals surface area contributed by atoms with Crippen molar-refractivity contribution in [3.8, 4) is 22.3 Å². The Bertz CT molecular complexity index is 6330. The fraction of sp³-hybridized carbons (Fsp3) is 0. The second-order valence-electron chi connectivity index (χ2n) is 31.5. The van der Waals surface area contributed by atoms with Gasteiger partial charge in [-0.05, 0) is 208 Å². The van der Waals surface area contributed by atoms with Crippen molar-refractivity contribution in [3.63, 3.8) is 0 Å². The second-order valence-corrected chi connectivity index (χ2v) is 50.0. The van der Waals surface area contributed by atoms with Crippen molar-refractivity contribution in [2.24, 2.45) is 0 Å². The molecule has 0 saturated carbocycles. The van der Waals surface area contributed by atoms with Crippen LogP contribution in [0, 0.1) is 0 Å².